The summed E-state index contributed by atoms with van der Waals surface area (Å²) < 4.78 is 10.6. The molecule has 3 amide bonds. The highest BCUT2D eigenvalue weighted by molar-refractivity contribution is 8.00. The molecule has 1 heterocycles. The van der Waals surface area contributed by atoms with Crippen LogP contribution in [0.2, 0.25) is 0 Å². The molecule has 4 aromatic rings. The highest BCUT2D eigenvalue weighted by Crippen LogP contribution is 2.34. The minimum absolute atomic E-state index is 0.116. The minimum atomic E-state index is -0.458. The predicted molar refractivity (Wildman–Crippen MR) is 169 cm³/mol. The molecule has 43 heavy (non-hydrogen) atoms. The molecular weight excluding hydrogens is 562 g/mol. The van der Waals surface area contributed by atoms with Gasteiger partial charge in [-0.2, -0.15) is 0 Å². The molecule has 0 fully saturated rings. The molecule has 9 heteroatoms. The van der Waals surface area contributed by atoms with Gasteiger partial charge in [-0.1, -0.05) is 56.3 Å². The SMILES string of the molecule is CC(C)c1ccc(/C=C(\NC(=O)c2ccccc2)C(=O)Nc2ccc(SCC(=O)Nc3ccc4c(c3)OCO4)cc2)cc1. The molecule has 218 valence electrons. The van der Waals surface area contributed by atoms with Crippen LogP contribution in [0.25, 0.3) is 6.08 Å². The fourth-order valence-corrected chi connectivity index (χ4v) is 4.94. The number of carbonyl (C=O) groups excluding carboxylic acids is 3. The molecule has 3 N–H and O–H groups in total. The lowest BCUT2D eigenvalue weighted by Gasteiger charge is -2.12. The lowest BCUT2D eigenvalue weighted by Crippen LogP contribution is -2.30. The van der Waals surface area contributed by atoms with Crippen molar-refractivity contribution >= 4 is 46.9 Å². The van der Waals surface area contributed by atoms with Crippen molar-refractivity contribution in [3.8, 4) is 11.5 Å². The van der Waals surface area contributed by atoms with E-state index in [-0.39, 0.29) is 30.1 Å². The fourth-order valence-electron chi connectivity index (χ4n) is 4.24. The largest absolute Gasteiger partial charge is 0.454 e. The summed E-state index contributed by atoms with van der Waals surface area (Å²) in [4.78, 5) is 39.6. The Labute approximate surface area is 254 Å². The minimum Gasteiger partial charge on any atom is -0.454 e. The van der Waals surface area contributed by atoms with Crippen LogP contribution in [-0.2, 0) is 9.59 Å². The maximum atomic E-state index is 13.3. The fraction of sp³-hybridized carbons (Fsp3) is 0.147. The summed E-state index contributed by atoms with van der Waals surface area (Å²) in [7, 11) is 0. The van der Waals surface area contributed by atoms with Gasteiger partial charge in [-0.3, -0.25) is 14.4 Å². The van der Waals surface area contributed by atoms with Gasteiger partial charge in [0.1, 0.15) is 5.70 Å². The quantitative estimate of drug-likeness (QED) is 0.140. The van der Waals surface area contributed by atoms with Crippen LogP contribution in [0, 0.1) is 0 Å². The number of hydrogen-bond donors (Lipinski definition) is 3. The molecule has 0 aromatic heterocycles. The van der Waals surface area contributed by atoms with Crippen LogP contribution in [0.15, 0.2) is 108 Å². The highest BCUT2D eigenvalue weighted by Gasteiger charge is 2.16. The van der Waals surface area contributed by atoms with E-state index in [4.69, 9.17) is 9.47 Å². The van der Waals surface area contributed by atoms with Gasteiger partial charge in [-0.25, -0.2) is 0 Å². The van der Waals surface area contributed by atoms with Gasteiger partial charge in [0.15, 0.2) is 11.5 Å². The molecule has 4 aromatic carbocycles. The molecule has 0 spiro atoms. The Hall–Kier alpha value is -5.02. The van der Waals surface area contributed by atoms with Crippen LogP contribution in [-0.4, -0.2) is 30.3 Å². The van der Waals surface area contributed by atoms with Gasteiger partial charge in [-0.05, 0) is 71.7 Å². The van der Waals surface area contributed by atoms with Crippen molar-refractivity contribution in [3.63, 3.8) is 0 Å². The molecule has 0 saturated heterocycles. The topological polar surface area (TPSA) is 106 Å². The number of ether oxygens (including phenoxy) is 2. The monoisotopic (exact) mass is 593 g/mol. The zero-order chi connectivity index (χ0) is 30.2. The number of hydrogen-bond acceptors (Lipinski definition) is 6. The second-order valence-electron chi connectivity index (χ2n) is 10.1. The van der Waals surface area contributed by atoms with Crippen molar-refractivity contribution < 1.29 is 23.9 Å². The lowest BCUT2D eigenvalue weighted by molar-refractivity contribution is -0.114. The van der Waals surface area contributed by atoms with Gasteiger partial charge in [0.25, 0.3) is 11.8 Å². The first-order valence-electron chi connectivity index (χ1n) is 13.8. The summed E-state index contributed by atoms with van der Waals surface area (Å²) in [5.41, 5.74) is 3.71. The second kappa shape index (κ2) is 13.8. The smallest absolute Gasteiger partial charge is 0.272 e. The number of benzene rings is 4. The molecule has 5 rings (SSSR count). The number of anilines is 2. The number of thioether (sulfide) groups is 1. The van der Waals surface area contributed by atoms with Crippen molar-refractivity contribution in [2.45, 2.75) is 24.7 Å². The van der Waals surface area contributed by atoms with Gasteiger partial charge < -0.3 is 25.4 Å². The van der Waals surface area contributed by atoms with E-state index in [1.165, 1.54) is 17.3 Å². The first-order chi connectivity index (χ1) is 20.8. The van der Waals surface area contributed by atoms with Crippen LogP contribution in [0.1, 0.15) is 41.3 Å². The Morgan fingerprint density at radius 2 is 1.51 bits per heavy atom. The first-order valence-corrected chi connectivity index (χ1v) is 14.7. The van der Waals surface area contributed by atoms with E-state index in [1.807, 2.05) is 42.5 Å². The lowest BCUT2D eigenvalue weighted by atomic mass is 10.0. The number of carbonyl (C=O) groups is 3. The van der Waals surface area contributed by atoms with Gasteiger partial charge in [0.05, 0.1) is 5.75 Å². The van der Waals surface area contributed by atoms with Crippen molar-refractivity contribution in [2.75, 3.05) is 23.2 Å². The molecular formula is C34H31N3O5S. The average Bonchev–Trinajstić information content (AvgIpc) is 3.49. The summed E-state index contributed by atoms with van der Waals surface area (Å²) in [6.45, 7) is 4.40. The third-order valence-electron chi connectivity index (χ3n) is 6.58. The molecule has 0 atom stereocenters. The van der Waals surface area contributed by atoms with Gasteiger partial charge in [-0.15, -0.1) is 11.8 Å². The maximum absolute atomic E-state index is 13.3. The third kappa shape index (κ3) is 8.05. The molecule has 0 unspecified atom stereocenters. The summed E-state index contributed by atoms with van der Waals surface area (Å²) >= 11 is 1.37. The zero-order valence-electron chi connectivity index (χ0n) is 23.8. The average molecular weight is 594 g/mol. The summed E-state index contributed by atoms with van der Waals surface area (Å²) in [6.07, 6.45) is 1.66. The van der Waals surface area contributed by atoms with Crippen LogP contribution in [0.5, 0.6) is 11.5 Å². The standard InChI is InChI=1S/C34H31N3O5S/c1-22(2)24-10-8-23(9-11-24)18-29(37-33(39)25-6-4-3-5-7-25)34(40)36-26-12-15-28(16-13-26)43-20-32(38)35-27-14-17-30-31(19-27)42-21-41-30/h3-19,22H,20-21H2,1-2H3,(H,35,38)(H,36,40)(H,37,39)/b29-18-. The van der Waals surface area contributed by atoms with E-state index in [2.05, 4.69) is 29.8 Å². The van der Waals surface area contributed by atoms with Crippen LogP contribution in [0.4, 0.5) is 11.4 Å². The zero-order valence-corrected chi connectivity index (χ0v) is 24.6. The summed E-state index contributed by atoms with van der Waals surface area (Å²) in [6, 6.07) is 29.0. The third-order valence-corrected chi connectivity index (χ3v) is 7.59. The summed E-state index contributed by atoms with van der Waals surface area (Å²) in [5.74, 6) is 0.836. The molecule has 0 aliphatic carbocycles. The van der Waals surface area contributed by atoms with E-state index in [9.17, 15) is 14.4 Å². The predicted octanol–water partition coefficient (Wildman–Crippen LogP) is 6.68. The number of fused-ring (bicyclic) bond motifs is 1. The van der Waals surface area contributed by atoms with Crippen molar-refractivity contribution in [1.82, 2.24) is 5.32 Å². The Kier molecular flexibility index (Phi) is 9.43. The van der Waals surface area contributed by atoms with E-state index >= 15 is 0 Å². The van der Waals surface area contributed by atoms with Gasteiger partial charge in [0.2, 0.25) is 12.7 Å². The first kappa shape index (κ1) is 29.5. The molecule has 0 saturated carbocycles. The van der Waals surface area contributed by atoms with Crippen molar-refractivity contribution in [1.29, 1.82) is 0 Å². The Bertz CT molecular complexity index is 1640. The summed E-state index contributed by atoms with van der Waals surface area (Å²) in [5, 5.41) is 8.48. The van der Waals surface area contributed by atoms with Crippen molar-refractivity contribution in [2.24, 2.45) is 0 Å². The molecule has 0 radical (unpaired) electrons. The van der Waals surface area contributed by atoms with Crippen molar-refractivity contribution in [3.05, 3.63) is 119 Å². The maximum Gasteiger partial charge on any atom is 0.272 e. The highest BCUT2D eigenvalue weighted by atomic mass is 32.2. The van der Waals surface area contributed by atoms with E-state index in [0.29, 0.717) is 34.4 Å². The van der Waals surface area contributed by atoms with Crippen LogP contribution in [0.3, 0.4) is 0 Å². The normalized spacial score (nSPS) is 12.1. The second-order valence-corrected chi connectivity index (χ2v) is 11.1. The molecule has 1 aliphatic heterocycles. The molecule has 8 nitrogen and oxygen atoms in total. The van der Waals surface area contributed by atoms with E-state index in [1.54, 1.807) is 60.7 Å². The Morgan fingerprint density at radius 3 is 2.23 bits per heavy atom. The van der Waals surface area contributed by atoms with Crippen LogP contribution < -0.4 is 25.4 Å². The van der Waals surface area contributed by atoms with E-state index < -0.39 is 5.91 Å². The molecule has 0 bridgehead atoms. The Morgan fingerprint density at radius 1 is 0.814 bits per heavy atom. The van der Waals surface area contributed by atoms with E-state index in [0.717, 1.165) is 10.5 Å². The Balaban J connectivity index is 1.21. The number of nitrogens with one attached hydrogen (secondary N) is 3. The number of rotatable bonds is 10. The van der Waals surface area contributed by atoms with Gasteiger partial charge >= 0.3 is 0 Å². The van der Waals surface area contributed by atoms with Crippen LogP contribution >= 0.6 is 11.8 Å². The van der Waals surface area contributed by atoms with Gasteiger partial charge in [0, 0.05) is 27.9 Å². The molecule has 1 aliphatic rings. The number of amides is 3.